The van der Waals surface area contributed by atoms with E-state index in [0.717, 1.165) is 0 Å². The van der Waals surface area contributed by atoms with E-state index in [4.69, 9.17) is 16.3 Å². The highest BCUT2D eigenvalue weighted by atomic mass is 79.9. The minimum atomic E-state index is -0.357. The van der Waals surface area contributed by atoms with Crippen LogP contribution in [-0.2, 0) is 11.3 Å². The van der Waals surface area contributed by atoms with Crippen LogP contribution in [0.15, 0.2) is 16.6 Å². The second-order valence-electron chi connectivity index (χ2n) is 2.25. The zero-order valence-corrected chi connectivity index (χ0v) is 8.75. The molecule has 1 aromatic rings. The molecule has 0 aliphatic carbocycles. The van der Waals surface area contributed by atoms with Crippen molar-refractivity contribution in [2.75, 3.05) is 7.11 Å². The molecule has 0 N–H and O–H groups in total. The number of halogens is 3. The predicted molar refractivity (Wildman–Crippen MR) is 49.8 cm³/mol. The Labute approximate surface area is 83.6 Å². The summed E-state index contributed by atoms with van der Waals surface area (Å²) in [4.78, 5) is 0. The Bertz CT molecular complexity index is 291. The third-order valence-corrected chi connectivity index (χ3v) is 2.39. The van der Waals surface area contributed by atoms with E-state index < -0.39 is 0 Å². The third kappa shape index (κ3) is 1.97. The lowest BCUT2D eigenvalue weighted by molar-refractivity contribution is 0.181. The number of ether oxygens (including phenoxy) is 1. The number of hydrogen-bond donors (Lipinski definition) is 0. The Balaban J connectivity index is 3.14. The molecule has 12 heavy (non-hydrogen) atoms. The van der Waals surface area contributed by atoms with Crippen molar-refractivity contribution in [1.82, 2.24) is 0 Å². The lowest BCUT2D eigenvalue weighted by Gasteiger charge is -2.05. The number of hydrogen-bond acceptors (Lipinski definition) is 1. The van der Waals surface area contributed by atoms with Gasteiger partial charge in [-0.25, -0.2) is 4.39 Å². The predicted octanol–water partition coefficient (Wildman–Crippen LogP) is 3.39. The summed E-state index contributed by atoms with van der Waals surface area (Å²) in [5, 5.41) is 0.387. The maximum absolute atomic E-state index is 13.2. The van der Waals surface area contributed by atoms with E-state index in [2.05, 4.69) is 15.9 Å². The van der Waals surface area contributed by atoms with Crippen molar-refractivity contribution in [2.45, 2.75) is 6.61 Å². The van der Waals surface area contributed by atoms with Gasteiger partial charge in [-0.15, -0.1) is 0 Å². The molecule has 0 spiro atoms. The highest BCUT2D eigenvalue weighted by Crippen LogP contribution is 2.26. The molecule has 1 rings (SSSR count). The van der Waals surface area contributed by atoms with Crippen LogP contribution in [0.2, 0.25) is 5.02 Å². The van der Waals surface area contributed by atoms with Crippen molar-refractivity contribution in [3.8, 4) is 0 Å². The fourth-order valence-electron chi connectivity index (χ4n) is 0.846. The van der Waals surface area contributed by atoms with Gasteiger partial charge in [-0.2, -0.15) is 0 Å². The molecule has 0 atom stereocenters. The second kappa shape index (κ2) is 4.21. The van der Waals surface area contributed by atoms with Gasteiger partial charge >= 0.3 is 0 Å². The van der Waals surface area contributed by atoms with Gasteiger partial charge in [0, 0.05) is 17.7 Å². The summed E-state index contributed by atoms with van der Waals surface area (Å²) in [6.07, 6.45) is 0. The van der Waals surface area contributed by atoms with Crippen LogP contribution in [-0.4, -0.2) is 7.11 Å². The number of methoxy groups -OCH3 is 1. The van der Waals surface area contributed by atoms with Crippen molar-refractivity contribution in [3.63, 3.8) is 0 Å². The van der Waals surface area contributed by atoms with Crippen molar-refractivity contribution in [2.24, 2.45) is 0 Å². The lowest BCUT2D eigenvalue weighted by Crippen LogP contribution is -1.94. The molecule has 0 saturated carbocycles. The van der Waals surface area contributed by atoms with Gasteiger partial charge in [0.15, 0.2) is 0 Å². The van der Waals surface area contributed by atoms with Crippen molar-refractivity contribution in [1.29, 1.82) is 0 Å². The van der Waals surface area contributed by atoms with Gasteiger partial charge < -0.3 is 4.74 Å². The molecule has 1 aromatic carbocycles. The highest BCUT2D eigenvalue weighted by Gasteiger charge is 2.09. The Morgan fingerprint density at radius 1 is 1.58 bits per heavy atom. The summed E-state index contributed by atoms with van der Waals surface area (Å²) >= 11 is 8.80. The monoisotopic (exact) mass is 252 g/mol. The maximum Gasteiger partial charge on any atom is 0.144 e. The third-order valence-electron chi connectivity index (χ3n) is 1.43. The Morgan fingerprint density at radius 3 is 2.83 bits per heavy atom. The Hall–Kier alpha value is -0.120. The molecule has 0 amide bonds. The van der Waals surface area contributed by atoms with Crippen molar-refractivity contribution < 1.29 is 9.13 Å². The van der Waals surface area contributed by atoms with E-state index in [9.17, 15) is 4.39 Å². The van der Waals surface area contributed by atoms with E-state index in [1.165, 1.54) is 7.11 Å². The number of benzene rings is 1. The fourth-order valence-corrected chi connectivity index (χ4v) is 1.42. The molecular formula is C8H7BrClFO. The summed E-state index contributed by atoms with van der Waals surface area (Å²) in [7, 11) is 1.50. The van der Waals surface area contributed by atoms with Crippen molar-refractivity contribution >= 4 is 27.5 Å². The Kier molecular flexibility index (Phi) is 3.50. The van der Waals surface area contributed by atoms with Crippen LogP contribution in [0.1, 0.15) is 5.56 Å². The van der Waals surface area contributed by atoms with Crippen LogP contribution in [0.4, 0.5) is 4.39 Å². The number of rotatable bonds is 2. The van der Waals surface area contributed by atoms with E-state index in [1.807, 2.05) is 0 Å². The maximum atomic E-state index is 13.2. The van der Waals surface area contributed by atoms with E-state index in [1.54, 1.807) is 12.1 Å². The van der Waals surface area contributed by atoms with Gasteiger partial charge in [0.2, 0.25) is 0 Å². The molecule has 0 aliphatic heterocycles. The average Bonchev–Trinajstić information content (AvgIpc) is 2.06. The molecule has 0 bridgehead atoms. The van der Waals surface area contributed by atoms with Crippen LogP contribution in [0, 0.1) is 5.82 Å². The summed E-state index contributed by atoms with van der Waals surface area (Å²) in [5.74, 6) is -0.357. The van der Waals surface area contributed by atoms with Gasteiger partial charge in [-0.05, 0) is 28.1 Å². The molecule has 1 nitrogen and oxygen atoms in total. The highest BCUT2D eigenvalue weighted by molar-refractivity contribution is 9.10. The molecule has 0 aliphatic rings. The van der Waals surface area contributed by atoms with Crippen LogP contribution >= 0.6 is 27.5 Å². The minimum absolute atomic E-state index is 0.185. The lowest BCUT2D eigenvalue weighted by atomic mass is 10.2. The first-order chi connectivity index (χ1) is 5.66. The van der Waals surface area contributed by atoms with Crippen LogP contribution in [0.3, 0.4) is 0 Å². The van der Waals surface area contributed by atoms with E-state index in [-0.39, 0.29) is 12.4 Å². The van der Waals surface area contributed by atoms with Gasteiger partial charge in [-0.3, -0.25) is 0 Å². The van der Waals surface area contributed by atoms with Gasteiger partial charge in [0.25, 0.3) is 0 Å². The molecule has 0 aromatic heterocycles. The molecule has 4 heteroatoms. The van der Waals surface area contributed by atoms with Gasteiger partial charge in [-0.1, -0.05) is 11.6 Å². The zero-order valence-electron chi connectivity index (χ0n) is 6.40. The molecule has 0 saturated heterocycles. The molecule has 66 valence electrons. The standard InChI is InChI=1S/C8H7BrClFO/c1-12-4-5-7(10)3-2-6(9)8(5)11/h2-3H,4H2,1H3. The summed E-state index contributed by atoms with van der Waals surface area (Å²) < 4.78 is 18.4. The van der Waals surface area contributed by atoms with Crippen LogP contribution in [0.5, 0.6) is 0 Å². The first-order valence-electron chi connectivity index (χ1n) is 3.28. The normalized spacial score (nSPS) is 10.3. The van der Waals surface area contributed by atoms with Crippen LogP contribution < -0.4 is 0 Å². The zero-order chi connectivity index (χ0) is 9.14. The largest absolute Gasteiger partial charge is 0.380 e. The summed E-state index contributed by atoms with van der Waals surface area (Å²) in [6.45, 7) is 0.185. The summed E-state index contributed by atoms with van der Waals surface area (Å²) in [5.41, 5.74) is 0.383. The summed E-state index contributed by atoms with van der Waals surface area (Å²) in [6, 6.07) is 3.19. The second-order valence-corrected chi connectivity index (χ2v) is 3.52. The first kappa shape index (κ1) is 9.96. The van der Waals surface area contributed by atoms with E-state index >= 15 is 0 Å². The van der Waals surface area contributed by atoms with Crippen LogP contribution in [0.25, 0.3) is 0 Å². The van der Waals surface area contributed by atoms with Crippen molar-refractivity contribution in [3.05, 3.63) is 33.0 Å². The van der Waals surface area contributed by atoms with Gasteiger partial charge in [0.05, 0.1) is 11.1 Å². The molecule has 0 heterocycles. The van der Waals surface area contributed by atoms with Gasteiger partial charge in [0.1, 0.15) is 5.82 Å². The van der Waals surface area contributed by atoms with E-state index in [0.29, 0.717) is 15.1 Å². The fraction of sp³-hybridized carbons (Fsp3) is 0.250. The quantitative estimate of drug-likeness (QED) is 0.734. The molecule has 0 fully saturated rings. The minimum Gasteiger partial charge on any atom is -0.380 e. The smallest absolute Gasteiger partial charge is 0.144 e. The first-order valence-corrected chi connectivity index (χ1v) is 4.45. The topological polar surface area (TPSA) is 9.23 Å². The molecular weight excluding hydrogens is 246 g/mol. The Morgan fingerprint density at radius 2 is 2.25 bits per heavy atom. The molecule has 0 radical (unpaired) electrons. The molecule has 0 unspecified atom stereocenters. The average molecular weight is 253 g/mol. The SMILES string of the molecule is COCc1c(Cl)ccc(Br)c1F.